The molecular formula is C15H14BrN5. The quantitative estimate of drug-likeness (QED) is 0.838. The van der Waals surface area contributed by atoms with Gasteiger partial charge in [-0.2, -0.15) is 5.26 Å². The van der Waals surface area contributed by atoms with E-state index in [1.54, 1.807) is 6.20 Å². The van der Waals surface area contributed by atoms with Crippen LogP contribution in [-0.4, -0.2) is 36.1 Å². The van der Waals surface area contributed by atoms with Gasteiger partial charge in [0, 0.05) is 43.0 Å². The molecule has 21 heavy (non-hydrogen) atoms. The highest BCUT2D eigenvalue weighted by molar-refractivity contribution is 9.10. The van der Waals surface area contributed by atoms with Crippen LogP contribution in [0.3, 0.4) is 0 Å². The summed E-state index contributed by atoms with van der Waals surface area (Å²) in [6.07, 6.45) is 3.55. The van der Waals surface area contributed by atoms with E-state index >= 15 is 0 Å². The minimum Gasteiger partial charge on any atom is -0.353 e. The monoisotopic (exact) mass is 343 g/mol. The van der Waals surface area contributed by atoms with Crippen molar-refractivity contribution in [1.29, 1.82) is 5.26 Å². The van der Waals surface area contributed by atoms with Gasteiger partial charge in [0.2, 0.25) is 0 Å². The Morgan fingerprint density at radius 1 is 1.10 bits per heavy atom. The summed E-state index contributed by atoms with van der Waals surface area (Å²) in [6, 6.07) is 9.97. The van der Waals surface area contributed by atoms with E-state index in [1.807, 2.05) is 30.5 Å². The predicted molar refractivity (Wildman–Crippen MR) is 85.3 cm³/mol. The molecule has 6 heteroatoms. The van der Waals surface area contributed by atoms with Gasteiger partial charge in [-0.05, 0) is 34.1 Å². The molecule has 2 aromatic heterocycles. The molecule has 0 spiro atoms. The van der Waals surface area contributed by atoms with Gasteiger partial charge in [-0.1, -0.05) is 6.07 Å². The lowest BCUT2D eigenvalue weighted by atomic mass is 10.2. The van der Waals surface area contributed by atoms with Crippen molar-refractivity contribution in [2.24, 2.45) is 0 Å². The molecule has 1 aliphatic rings. The Kier molecular flexibility index (Phi) is 4.02. The summed E-state index contributed by atoms with van der Waals surface area (Å²) in [7, 11) is 0. The van der Waals surface area contributed by atoms with Crippen molar-refractivity contribution in [1.82, 2.24) is 9.97 Å². The van der Waals surface area contributed by atoms with Crippen LogP contribution >= 0.6 is 15.9 Å². The fraction of sp³-hybridized carbons (Fsp3) is 0.267. The summed E-state index contributed by atoms with van der Waals surface area (Å²) in [6.45, 7) is 3.42. The first-order valence-corrected chi connectivity index (χ1v) is 7.54. The number of aromatic nitrogens is 2. The molecule has 0 aromatic carbocycles. The molecular weight excluding hydrogens is 330 g/mol. The molecule has 106 valence electrons. The third-order valence-electron chi connectivity index (χ3n) is 3.51. The zero-order chi connectivity index (χ0) is 14.7. The number of nitriles is 1. The summed E-state index contributed by atoms with van der Waals surface area (Å²) in [5.74, 6) is 1.77. The molecule has 3 heterocycles. The number of piperazine rings is 1. The molecule has 3 rings (SSSR count). The van der Waals surface area contributed by atoms with E-state index < -0.39 is 0 Å². The third-order valence-corrected chi connectivity index (χ3v) is 3.94. The highest BCUT2D eigenvalue weighted by Gasteiger charge is 2.21. The number of hydrogen-bond donors (Lipinski definition) is 0. The maximum atomic E-state index is 9.25. The summed E-state index contributed by atoms with van der Waals surface area (Å²) in [5, 5.41) is 9.25. The molecule has 0 amide bonds. The Balaban J connectivity index is 1.73. The molecule has 0 atom stereocenters. The summed E-state index contributed by atoms with van der Waals surface area (Å²) in [5.41, 5.74) is 0.607. The van der Waals surface area contributed by atoms with Crippen LogP contribution in [0.15, 0.2) is 41.1 Å². The molecule has 1 saturated heterocycles. The molecule has 0 N–H and O–H groups in total. The Hall–Kier alpha value is -2.13. The first kappa shape index (κ1) is 13.8. The fourth-order valence-electron chi connectivity index (χ4n) is 2.45. The number of hydrogen-bond acceptors (Lipinski definition) is 5. The average molecular weight is 344 g/mol. The van der Waals surface area contributed by atoms with E-state index in [2.05, 4.69) is 41.8 Å². The van der Waals surface area contributed by atoms with E-state index in [0.29, 0.717) is 5.56 Å². The highest BCUT2D eigenvalue weighted by Crippen LogP contribution is 2.23. The molecule has 0 radical (unpaired) electrons. The molecule has 1 aliphatic heterocycles. The minimum absolute atomic E-state index is 0.607. The lowest BCUT2D eigenvalue weighted by Crippen LogP contribution is -2.47. The second-order valence-electron chi connectivity index (χ2n) is 4.80. The van der Waals surface area contributed by atoms with Crippen molar-refractivity contribution in [3.05, 3.63) is 46.7 Å². The van der Waals surface area contributed by atoms with Crippen molar-refractivity contribution in [3.8, 4) is 6.07 Å². The van der Waals surface area contributed by atoms with E-state index in [-0.39, 0.29) is 0 Å². The van der Waals surface area contributed by atoms with Gasteiger partial charge in [0.15, 0.2) is 0 Å². The maximum absolute atomic E-state index is 9.25. The Morgan fingerprint density at radius 2 is 1.86 bits per heavy atom. The zero-order valence-electron chi connectivity index (χ0n) is 11.4. The van der Waals surface area contributed by atoms with E-state index in [9.17, 15) is 5.26 Å². The normalized spacial score (nSPS) is 14.9. The van der Waals surface area contributed by atoms with Gasteiger partial charge in [-0.3, -0.25) is 0 Å². The fourth-order valence-corrected chi connectivity index (χ4v) is 2.79. The molecule has 0 bridgehead atoms. The molecule has 1 fully saturated rings. The van der Waals surface area contributed by atoms with Crippen LogP contribution in [0.5, 0.6) is 0 Å². The molecule has 0 unspecified atom stereocenters. The largest absolute Gasteiger partial charge is 0.353 e. The second-order valence-corrected chi connectivity index (χ2v) is 5.71. The van der Waals surface area contributed by atoms with Crippen molar-refractivity contribution in [2.75, 3.05) is 36.0 Å². The summed E-state index contributed by atoms with van der Waals surface area (Å²) in [4.78, 5) is 13.2. The van der Waals surface area contributed by atoms with Crippen LogP contribution in [0.1, 0.15) is 5.56 Å². The van der Waals surface area contributed by atoms with Crippen LogP contribution < -0.4 is 9.80 Å². The molecule has 2 aromatic rings. The van der Waals surface area contributed by atoms with Gasteiger partial charge in [-0.15, -0.1) is 0 Å². The van der Waals surface area contributed by atoms with Gasteiger partial charge in [-0.25, -0.2) is 9.97 Å². The van der Waals surface area contributed by atoms with Gasteiger partial charge in [0.1, 0.15) is 17.7 Å². The van der Waals surface area contributed by atoms with Crippen molar-refractivity contribution < 1.29 is 0 Å². The van der Waals surface area contributed by atoms with Crippen LogP contribution in [-0.2, 0) is 0 Å². The first-order chi connectivity index (χ1) is 10.3. The smallest absolute Gasteiger partial charge is 0.146 e. The lowest BCUT2D eigenvalue weighted by Gasteiger charge is -2.36. The van der Waals surface area contributed by atoms with Crippen LogP contribution in [0.25, 0.3) is 0 Å². The van der Waals surface area contributed by atoms with E-state index in [4.69, 9.17) is 0 Å². The first-order valence-electron chi connectivity index (χ1n) is 6.74. The van der Waals surface area contributed by atoms with Crippen LogP contribution in [0.2, 0.25) is 0 Å². The SMILES string of the molecule is N#Cc1cc(Br)cnc1N1CCN(c2ccccn2)CC1. The van der Waals surface area contributed by atoms with Crippen molar-refractivity contribution >= 4 is 27.6 Å². The van der Waals surface area contributed by atoms with E-state index in [0.717, 1.165) is 42.3 Å². The van der Waals surface area contributed by atoms with Crippen LogP contribution in [0.4, 0.5) is 11.6 Å². The van der Waals surface area contributed by atoms with Crippen molar-refractivity contribution in [2.45, 2.75) is 0 Å². The second kappa shape index (κ2) is 6.10. The average Bonchev–Trinajstić information content (AvgIpc) is 2.56. The lowest BCUT2D eigenvalue weighted by molar-refractivity contribution is 0.641. The number of anilines is 2. The Bertz CT molecular complexity index is 660. The van der Waals surface area contributed by atoms with Crippen molar-refractivity contribution in [3.63, 3.8) is 0 Å². The standard InChI is InChI=1S/C15H14BrN5/c16-13-9-12(10-17)15(19-11-13)21-7-5-20(6-8-21)14-3-1-2-4-18-14/h1-4,9,11H,5-8H2. The van der Waals surface area contributed by atoms with Gasteiger partial charge >= 0.3 is 0 Å². The Labute approximate surface area is 132 Å². The number of nitrogens with zero attached hydrogens (tertiary/aromatic N) is 5. The number of pyridine rings is 2. The topological polar surface area (TPSA) is 56.1 Å². The van der Waals surface area contributed by atoms with Gasteiger partial charge in [0.05, 0.1) is 5.56 Å². The van der Waals surface area contributed by atoms with E-state index in [1.165, 1.54) is 0 Å². The molecule has 5 nitrogen and oxygen atoms in total. The molecule has 0 saturated carbocycles. The summed E-state index contributed by atoms with van der Waals surface area (Å²) >= 11 is 3.35. The number of rotatable bonds is 2. The molecule has 0 aliphatic carbocycles. The van der Waals surface area contributed by atoms with Crippen LogP contribution in [0, 0.1) is 11.3 Å². The van der Waals surface area contributed by atoms with Gasteiger partial charge < -0.3 is 9.80 Å². The zero-order valence-corrected chi connectivity index (χ0v) is 13.0. The minimum atomic E-state index is 0.607. The third kappa shape index (κ3) is 2.98. The summed E-state index contributed by atoms with van der Waals surface area (Å²) < 4.78 is 0.829. The predicted octanol–water partition coefficient (Wildman–Crippen LogP) is 2.44. The van der Waals surface area contributed by atoms with Gasteiger partial charge in [0.25, 0.3) is 0 Å². The highest BCUT2D eigenvalue weighted by atomic mass is 79.9. The number of halogens is 1. The maximum Gasteiger partial charge on any atom is 0.146 e. The Morgan fingerprint density at radius 3 is 2.52 bits per heavy atom.